The monoisotopic (exact) mass is 308 g/mol. The first-order valence-electron chi connectivity index (χ1n) is 6.99. The molecule has 1 aromatic carbocycles. The number of guanidine groups is 1. The van der Waals surface area contributed by atoms with Gasteiger partial charge in [0.15, 0.2) is 5.96 Å². The molecule has 7 heteroatoms. The van der Waals surface area contributed by atoms with Crippen molar-refractivity contribution in [2.45, 2.75) is 24.6 Å². The van der Waals surface area contributed by atoms with E-state index in [4.69, 9.17) is 0 Å². The number of nitrogens with zero attached hydrogens (tertiary/aromatic N) is 2. The van der Waals surface area contributed by atoms with E-state index in [1.807, 2.05) is 11.8 Å². The first kappa shape index (κ1) is 15.6. The highest BCUT2D eigenvalue weighted by atomic mass is 32.2. The lowest BCUT2D eigenvalue weighted by Gasteiger charge is -2.14. The second-order valence-electron chi connectivity index (χ2n) is 4.83. The number of hydrogen-bond acceptors (Lipinski definition) is 4. The molecule has 0 bridgehead atoms. The molecule has 0 spiro atoms. The number of nitro groups is 1. The molecule has 2 N–H and O–H groups in total. The number of hydrogen-bond donors (Lipinski definition) is 2. The van der Waals surface area contributed by atoms with E-state index in [1.165, 1.54) is 24.7 Å². The van der Waals surface area contributed by atoms with E-state index in [-0.39, 0.29) is 10.6 Å². The molecule has 0 radical (unpaired) electrons. The van der Waals surface area contributed by atoms with E-state index in [0.29, 0.717) is 23.3 Å². The number of nitrogens with one attached hydrogen (secondary N) is 2. The summed E-state index contributed by atoms with van der Waals surface area (Å²) in [6, 6.07) is 6.75. The highest BCUT2D eigenvalue weighted by molar-refractivity contribution is 8.00. The molecule has 1 heterocycles. The number of para-hydroxylation sites is 1. The Hall–Kier alpha value is -1.76. The van der Waals surface area contributed by atoms with E-state index in [1.54, 1.807) is 25.2 Å². The van der Waals surface area contributed by atoms with Gasteiger partial charge in [-0.3, -0.25) is 15.1 Å². The van der Waals surface area contributed by atoms with E-state index in [9.17, 15) is 10.1 Å². The molecule has 6 nitrogen and oxygen atoms in total. The molecule has 1 aliphatic heterocycles. The van der Waals surface area contributed by atoms with Crippen molar-refractivity contribution in [3.8, 4) is 0 Å². The average molecular weight is 308 g/mol. The molecule has 21 heavy (non-hydrogen) atoms. The molecule has 114 valence electrons. The number of nitro benzene ring substituents is 1. The molecule has 1 saturated heterocycles. The maximum atomic E-state index is 11.0. The maximum absolute atomic E-state index is 11.0. The molecule has 0 saturated carbocycles. The molecule has 0 amide bonds. The van der Waals surface area contributed by atoms with Gasteiger partial charge in [-0.1, -0.05) is 18.2 Å². The normalized spacial score (nSPS) is 18.5. The molecule has 1 fully saturated rings. The molecule has 1 aromatic rings. The predicted molar refractivity (Wildman–Crippen MR) is 86.8 cm³/mol. The second-order valence-corrected chi connectivity index (χ2v) is 6.24. The fourth-order valence-corrected chi connectivity index (χ4v) is 3.46. The Bertz CT molecular complexity index is 515. The van der Waals surface area contributed by atoms with Crippen LogP contribution in [0.25, 0.3) is 0 Å². The van der Waals surface area contributed by atoms with Crippen molar-refractivity contribution in [1.82, 2.24) is 10.6 Å². The van der Waals surface area contributed by atoms with Gasteiger partial charge in [0.2, 0.25) is 0 Å². The van der Waals surface area contributed by atoms with Crippen LogP contribution < -0.4 is 10.6 Å². The van der Waals surface area contributed by atoms with Crippen LogP contribution in [0.4, 0.5) is 5.69 Å². The smallest absolute Gasteiger partial charge is 0.274 e. The molecule has 1 atom stereocenters. The number of thioether (sulfide) groups is 1. The molecule has 1 unspecified atom stereocenters. The highest BCUT2D eigenvalue weighted by Crippen LogP contribution is 2.25. The molecule has 0 aliphatic carbocycles. The largest absolute Gasteiger partial charge is 0.355 e. The summed E-state index contributed by atoms with van der Waals surface area (Å²) in [7, 11) is 1.70. The van der Waals surface area contributed by atoms with Crippen LogP contribution >= 0.6 is 11.8 Å². The molecule has 0 aromatic heterocycles. The van der Waals surface area contributed by atoms with Gasteiger partial charge in [-0.15, -0.1) is 0 Å². The molecular formula is C14H20N4O2S. The third-order valence-corrected chi connectivity index (χ3v) is 4.78. The van der Waals surface area contributed by atoms with Crippen molar-refractivity contribution in [2.24, 2.45) is 4.99 Å². The molecule has 2 rings (SSSR count). The zero-order valence-electron chi connectivity index (χ0n) is 12.0. The van der Waals surface area contributed by atoms with Crippen molar-refractivity contribution < 1.29 is 4.92 Å². The maximum Gasteiger partial charge on any atom is 0.274 e. The standard InChI is InChI=1S/C14H20N4O2S/c1-15-14(17-10-12-6-4-8-21-12)16-9-11-5-2-3-7-13(11)18(19)20/h2-3,5,7,12H,4,6,8-10H2,1H3,(H2,15,16,17). The lowest BCUT2D eigenvalue weighted by atomic mass is 10.2. The number of rotatable bonds is 5. The summed E-state index contributed by atoms with van der Waals surface area (Å²) in [6.45, 7) is 1.26. The van der Waals surface area contributed by atoms with Crippen LogP contribution in [0.15, 0.2) is 29.3 Å². The zero-order valence-corrected chi connectivity index (χ0v) is 12.9. The fourth-order valence-electron chi connectivity index (χ4n) is 2.25. The van der Waals surface area contributed by atoms with E-state index in [0.717, 1.165) is 6.54 Å². The molecule has 1 aliphatic rings. The van der Waals surface area contributed by atoms with Crippen LogP contribution in [-0.4, -0.2) is 35.5 Å². The van der Waals surface area contributed by atoms with E-state index < -0.39 is 0 Å². The van der Waals surface area contributed by atoms with Gasteiger partial charge in [0.1, 0.15) is 0 Å². The van der Waals surface area contributed by atoms with Crippen molar-refractivity contribution in [3.05, 3.63) is 39.9 Å². The SMILES string of the molecule is CN=C(NCc1ccccc1[N+](=O)[O-])NCC1CCCS1. The number of aliphatic imine (C=N–C) groups is 1. The minimum Gasteiger partial charge on any atom is -0.355 e. The van der Waals surface area contributed by atoms with Crippen LogP contribution in [-0.2, 0) is 6.54 Å². The van der Waals surface area contributed by atoms with Crippen molar-refractivity contribution in [1.29, 1.82) is 0 Å². The van der Waals surface area contributed by atoms with Crippen LogP contribution in [0.3, 0.4) is 0 Å². The third-order valence-electron chi connectivity index (χ3n) is 3.38. The molecular weight excluding hydrogens is 288 g/mol. The Balaban J connectivity index is 1.86. The average Bonchev–Trinajstić information content (AvgIpc) is 3.01. The summed E-state index contributed by atoms with van der Waals surface area (Å²) in [4.78, 5) is 14.8. The topological polar surface area (TPSA) is 79.6 Å². The Morgan fingerprint density at radius 2 is 2.29 bits per heavy atom. The summed E-state index contributed by atoms with van der Waals surface area (Å²) in [5.74, 6) is 1.91. The lowest BCUT2D eigenvalue weighted by Crippen LogP contribution is -2.39. The zero-order chi connectivity index (χ0) is 15.1. The number of benzene rings is 1. The van der Waals surface area contributed by atoms with E-state index >= 15 is 0 Å². The third kappa shape index (κ3) is 4.63. The van der Waals surface area contributed by atoms with Gasteiger partial charge in [0, 0.05) is 37.0 Å². The van der Waals surface area contributed by atoms with Gasteiger partial charge in [0.25, 0.3) is 5.69 Å². The van der Waals surface area contributed by atoms with Crippen LogP contribution in [0.2, 0.25) is 0 Å². The minimum absolute atomic E-state index is 0.131. The Morgan fingerprint density at radius 1 is 1.48 bits per heavy atom. The van der Waals surface area contributed by atoms with Crippen LogP contribution in [0.1, 0.15) is 18.4 Å². The van der Waals surface area contributed by atoms with Gasteiger partial charge in [-0.2, -0.15) is 11.8 Å². The summed E-state index contributed by atoms with van der Waals surface area (Å²) in [5, 5.41) is 18.0. The summed E-state index contributed by atoms with van der Waals surface area (Å²) in [5.41, 5.74) is 0.785. The van der Waals surface area contributed by atoms with Gasteiger partial charge >= 0.3 is 0 Å². The van der Waals surface area contributed by atoms with Gasteiger partial charge in [-0.05, 0) is 18.6 Å². The summed E-state index contributed by atoms with van der Waals surface area (Å²) < 4.78 is 0. The van der Waals surface area contributed by atoms with Crippen LogP contribution in [0.5, 0.6) is 0 Å². The summed E-state index contributed by atoms with van der Waals surface area (Å²) in [6.07, 6.45) is 2.51. The van der Waals surface area contributed by atoms with Gasteiger partial charge in [0.05, 0.1) is 4.92 Å². The Labute approximate surface area is 128 Å². The van der Waals surface area contributed by atoms with Gasteiger partial charge in [-0.25, -0.2) is 0 Å². The predicted octanol–water partition coefficient (Wildman–Crippen LogP) is 2.16. The van der Waals surface area contributed by atoms with Gasteiger partial charge < -0.3 is 10.6 Å². The highest BCUT2D eigenvalue weighted by Gasteiger charge is 2.16. The lowest BCUT2D eigenvalue weighted by molar-refractivity contribution is -0.385. The van der Waals surface area contributed by atoms with Crippen molar-refractivity contribution >= 4 is 23.4 Å². The van der Waals surface area contributed by atoms with Crippen molar-refractivity contribution in [2.75, 3.05) is 19.3 Å². The minimum atomic E-state index is -0.359. The first-order chi connectivity index (χ1) is 10.2. The fraction of sp³-hybridized carbons (Fsp3) is 0.500. The quantitative estimate of drug-likeness (QED) is 0.377. The first-order valence-corrected chi connectivity index (χ1v) is 8.04. The Morgan fingerprint density at radius 3 is 2.95 bits per heavy atom. The van der Waals surface area contributed by atoms with Crippen LogP contribution in [0, 0.1) is 10.1 Å². The second kappa shape index (κ2) is 7.87. The summed E-state index contributed by atoms with van der Waals surface area (Å²) >= 11 is 1.98. The van der Waals surface area contributed by atoms with E-state index in [2.05, 4.69) is 15.6 Å². The Kier molecular flexibility index (Phi) is 5.86. The van der Waals surface area contributed by atoms with Crippen molar-refractivity contribution in [3.63, 3.8) is 0 Å².